The first kappa shape index (κ1) is 21.6. The quantitative estimate of drug-likeness (QED) is 0.650. The lowest BCUT2D eigenvalue weighted by Crippen LogP contribution is -2.26. The molecule has 2 N–H and O–H groups in total. The number of rotatable bonds is 4. The van der Waals surface area contributed by atoms with Crippen molar-refractivity contribution in [1.29, 1.82) is 0 Å². The minimum atomic E-state index is -4.55. The van der Waals surface area contributed by atoms with Gasteiger partial charge in [0.2, 0.25) is 0 Å². The SMILES string of the molecule is CC(C)(C)OC(=O)n1cnc2ccc(COc3cc(CN)ccc3C(F)(F)F)cc21. The number of nitrogens with zero attached hydrogens (tertiary/aromatic N) is 2. The van der Waals surface area contributed by atoms with Crippen molar-refractivity contribution in [3.8, 4) is 5.75 Å². The van der Waals surface area contributed by atoms with Crippen LogP contribution in [0.4, 0.5) is 18.0 Å². The molecule has 9 heteroatoms. The Morgan fingerprint density at radius 3 is 2.43 bits per heavy atom. The van der Waals surface area contributed by atoms with E-state index in [4.69, 9.17) is 15.2 Å². The number of carbonyl (C=O) groups excluding carboxylic acids is 1. The highest BCUT2D eigenvalue weighted by molar-refractivity contribution is 5.87. The summed E-state index contributed by atoms with van der Waals surface area (Å²) in [5.74, 6) is -0.300. The molecule has 0 amide bonds. The molecule has 0 saturated heterocycles. The third-order valence-electron chi connectivity index (χ3n) is 4.18. The number of fused-ring (bicyclic) bond motifs is 1. The number of halogens is 3. The van der Waals surface area contributed by atoms with E-state index in [1.165, 1.54) is 23.0 Å². The van der Waals surface area contributed by atoms with Gasteiger partial charge in [-0.15, -0.1) is 0 Å². The second kappa shape index (κ2) is 7.98. The van der Waals surface area contributed by atoms with Gasteiger partial charge in [-0.2, -0.15) is 13.2 Å². The van der Waals surface area contributed by atoms with E-state index in [-0.39, 0.29) is 18.9 Å². The number of imidazole rings is 1. The Labute approximate surface area is 171 Å². The molecular weight excluding hydrogens is 399 g/mol. The molecule has 0 radical (unpaired) electrons. The molecule has 0 atom stereocenters. The predicted molar refractivity (Wildman–Crippen MR) is 105 cm³/mol. The average molecular weight is 421 g/mol. The predicted octanol–water partition coefficient (Wildman–Crippen LogP) is 4.88. The van der Waals surface area contributed by atoms with E-state index in [0.29, 0.717) is 22.2 Å². The lowest BCUT2D eigenvalue weighted by atomic mass is 10.1. The highest BCUT2D eigenvalue weighted by Gasteiger charge is 2.34. The van der Waals surface area contributed by atoms with Gasteiger partial charge >= 0.3 is 12.3 Å². The molecule has 1 heterocycles. The molecule has 30 heavy (non-hydrogen) atoms. The average Bonchev–Trinajstić information content (AvgIpc) is 3.07. The van der Waals surface area contributed by atoms with Gasteiger partial charge in [0.1, 0.15) is 24.3 Å². The minimum absolute atomic E-state index is 0.0928. The van der Waals surface area contributed by atoms with Crippen LogP contribution in [0.15, 0.2) is 42.7 Å². The van der Waals surface area contributed by atoms with E-state index in [1.54, 1.807) is 39.0 Å². The number of aromatic nitrogens is 2. The van der Waals surface area contributed by atoms with Crippen LogP contribution in [0.5, 0.6) is 5.75 Å². The van der Waals surface area contributed by atoms with Crippen LogP contribution in [-0.4, -0.2) is 21.2 Å². The molecule has 0 unspecified atom stereocenters. The molecule has 3 rings (SSSR count). The number of hydrogen-bond donors (Lipinski definition) is 1. The Hall–Kier alpha value is -3.07. The van der Waals surface area contributed by atoms with Crippen LogP contribution in [-0.2, 0) is 24.1 Å². The number of ether oxygens (including phenoxy) is 2. The summed E-state index contributed by atoms with van der Waals surface area (Å²) in [6, 6.07) is 8.53. The molecular formula is C21H22F3N3O3. The zero-order chi connectivity index (χ0) is 22.1. The Balaban J connectivity index is 1.87. The largest absolute Gasteiger partial charge is 0.488 e. The summed E-state index contributed by atoms with van der Waals surface area (Å²) in [5, 5.41) is 0. The monoisotopic (exact) mass is 421 g/mol. The van der Waals surface area contributed by atoms with Crippen LogP contribution >= 0.6 is 0 Å². The molecule has 0 fully saturated rings. The lowest BCUT2D eigenvalue weighted by Gasteiger charge is -2.19. The van der Waals surface area contributed by atoms with Gasteiger partial charge in [-0.05, 0) is 56.2 Å². The molecule has 0 aliphatic heterocycles. The van der Waals surface area contributed by atoms with Crippen molar-refractivity contribution in [2.75, 3.05) is 0 Å². The number of alkyl halides is 3. The highest BCUT2D eigenvalue weighted by atomic mass is 19.4. The molecule has 3 aromatic rings. The van der Waals surface area contributed by atoms with Gasteiger partial charge in [-0.25, -0.2) is 14.3 Å². The maximum atomic E-state index is 13.3. The fraction of sp³-hybridized carbons (Fsp3) is 0.333. The molecule has 0 saturated carbocycles. The van der Waals surface area contributed by atoms with Gasteiger partial charge in [0, 0.05) is 6.54 Å². The molecule has 2 aromatic carbocycles. The summed E-state index contributed by atoms with van der Waals surface area (Å²) >= 11 is 0. The van der Waals surface area contributed by atoms with Gasteiger partial charge < -0.3 is 15.2 Å². The van der Waals surface area contributed by atoms with E-state index in [2.05, 4.69) is 4.98 Å². The van der Waals surface area contributed by atoms with E-state index in [0.717, 1.165) is 6.07 Å². The van der Waals surface area contributed by atoms with Crippen molar-refractivity contribution in [2.24, 2.45) is 5.73 Å². The van der Waals surface area contributed by atoms with Crippen LogP contribution in [0.3, 0.4) is 0 Å². The summed E-state index contributed by atoms with van der Waals surface area (Å²) < 4.78 is 51.9. The molecule has 6 nitrogen and oxygen atoms in total. The third-order valence-corrected chi connectivity index (χ3v) is 4.18. The standard InChI is InChI=1S/C21H22F3N3O3/c1-20(2,3)30-19(28)27-12-26-16-7-5-14(8-17(16)27)11-29-18-9-13(10-25)4-6-15(18)21(22,23)24/h4-9,12H,10-11,25H2,1-3H3. The summed E-state index contributed by atoms with van der Waals surface area (Å²) in [6.45, 7) is 5.20. The van der Waals surface area contributed by atoms with Crippen molar-refractivity contribution in [3.63, 3.8) is 0 Å². The zero-order valence-electron chi connectivity index (χ0n) is 16.8. The number of carbonyl (C=O) groups is 1. The van der Waals surface area contributed by atoms with Crippen LogP contribution in [0.2, 0.25) is 0 Å². The molecule has 160 valence electrons. The maximum Gasteiger partial charge on any atom is 0.420 e. The summed E-state index contributed by atoms with van der Waals surface area (Å²) in [4.78, 5) is 16.5. The highest BCUT2D eigenvalue weighted by Crippen LogP contribution is 2.37. The number of nitrogens with two attached hydrogens (primary N) is 1. The van der Waals surface area contributed by atoms with Gasteiger partial charge in [-0.3, -0.25) is 0 Å². The minimum Gasteiger partial charge on any atom is -0.488 e. The van der Waals surface area contributed by atoms with Gasteiger partial charge in [0.05, 0.1) is 16.6 Å². The molecule has 0 bridgehead atoms. The first-order valence-electron chi connectivity index (χ1n) is 9.20. The third kappa shape index (κ3) is 4.91. The normalized spacial score (nSPS) is 12.2. The smallest absolute Gasteiger partial charge is 0.420 e. The zero-order valence-corrected chi connectivity index (χ0v) is 16.8. The Morgan fingerprint density at radius 2 is 1.80 bits per heavy atom. The van der Waals surface area contributed by atoms with Crippen LogP contribution in [0.25, 0.3) is 11.0 Å². The molecule has 0 spiro atoms. The van der Waals surface area contributed by atoms with Crippen molar-refractivity contribution >= 4 is 17.1 Å². The van der Waals surface area contributed by atoms with Gasteiger partial charge in [0.15, 0.2) is 0 Å². The van der Waals surface area contributed by atoms with Crippen molar-refractivity contribution in [2.45, 2.75) is 45.7 Å². The summed E-state index contributed by atoms with van der Waals surface area (Å²) in [5.41, 5.74) is 6.08. The molecule has 0 aliphatic carbocycles. The fourth-order valence-corrected chi connectivity index (χ4v) is 2.81. The first-order valence-corrected chi connectivity index (χ1v) is 9.20. The van der Waals surface area contributed by atoms with Crippen molar-refractivity contribution < 1.29 is 27.4 Å². The van der Waals surface area contributed by atoms with Crippen LogP contribution in [0.1, 0.15) is 37.5 Å². The molecule has 1 aromatic heterocycles. The Bertz CT molecular complexity index is 1070. The number of hydrogen-bond acceptors (Lipinski definition) is 5. The maximum absolute atomic E-state index is 13.3. The lowest BCUT2D eigenvalue weighted by molar-refractivity contribution is -0.139. The second-order valence-corrected chi connectivity index (χ2v) is 7.74. The van der Waals surface area contributed by atoms with Crippen LogP contribution in [0, 0.1) is 0 Å². The molecule has 0 aliphatic rings. The van der Waals surface area contributed by atoms with Gasteiger partial charge in [-0.1, -0.05) is 12.1 Å². The topological polar surface area (TPSA) is 79.4 Å². The van der Waals surface area contributed by atoms with Crippen molar-refractivity contribution in [3.05, 3.63) is 59.4 Å². The van der Waals surface area contributed by atoms with E-state index in [9.17, 15) is 18.0 Å². The second-order valence-electron chi connectivity index (χ2n) is 7.74. The first-order chi connectivity index (χ1) is 14.0. The van der Waals surface area contributed by atoms with E-state index in [1.807, 2.05) is 0 Å². The summed E-state index contributed by atoms with van der Waals surface area (Å²) in [7, 11) is 0. The number of benzene rings is 2. The van der Waals surface area contributed by atoms with Crippen molar-refractivity contribution in [1.82, 2.24) is 9.55 Å². The van der Waals surface area contributed by atoms with E-state index < -0.39 is 23.4 Å². The van der Waals surface area contributed by atoms with Gasteiger partial charge in [0.25, 0.3) is 0 Å². The Morgan fingerprint density at radius 1 is 1.10 bits per heavy atom. The summed E-state index contributed by atoms with van der Waals surface area (Å²) in [6.07, 6.45) is -3.81. The van der Waals surface area contributed by atoms with E-state index >= 15 is 0 Å². The fourth-order valence-electron chi connectivity index (χ4n) is 2.81. The van der Waals surface area contributed by atoms with Crippen LogP contribution < -0.4 is 10.5 Å². The Kier molecular flexibility index (Phi) is 5.76.